The molecule has 1 saturated heterocycles. The highest BCUT2D eigenvalue weighted by molar-refractivity contribution is 5.69. The molecule has 3 fully saturated rings. The molecular weight excluding hydrogens is 472 g/mol. The maximum atomic E-state index is 6.37. The van der Waals surface area contributed by atoms with E-state index in [9.17, 15) is 0 Å². The second-order valence-electron chi connectivity index (χ2n) is 11.6. The third kappa shape index (κ3) is 4.42. The van der Waals surface area contributed by atoms with E-state index in [1.807, 2.05) is 0 Å². The molecule has 7 heteroatoms. The number of aromatic nitrogens is 3. The van der Waals surface area contributed by atoms with Crippen LogP contribution in [-0.4, -0.2) is 52.8 Å². The third-order valence-electron chi connectivity index (χ3n) is 8.61. The molecule has 4 heterocycles. The fraction of sp³-hybridized carbons (Fsp3) is 0.484. The molecule has 7 rings (SSSR count). The van der Waals surface area contributed by atoms with Gasteiger partial charge in [-0.05, 0) is 68.6 Å². The number of nitrogens with zero attached hydrogens (tertiary/aromatic N) is 5. The lowest BCUT2D eigenvalue weighted by atomic mass is 9.96. The molecule has 38 heavy (non-hydrogen) atoms. The van der Waals surface area contributed by atoms with E-state index >= 15 is 0 Å². The van der Waals surface area contributed by atoms with Gasteiger partial charge < -0.3 is 19.9 Å². The van der Waals surface area contributed by atoms with Gasteiger partial charge in [0.25, 0.3) is 0 Å². The average Bonchev–Trinajstić information content (AvgIpc) is 3.87. The van der Waals surface area contributed by atoms with Crippen LogP contribution < -0.4 is 15.0 Å². The van der Waals surface area contributed by atoms with E-state index in [-0.39, 0.29) is 6.04 Å². The third-order valence-corrected chi connectivity index (χ3v) is 8.61. The molecule has 0 spiro atoms. The van der Waals surface area contributed by atoms with Gasteiger partial charge in [0.05, 0.1) is 11.7 Å². The molecule has 1 N–H and O–H groups in total. The molecule has 2 aliphatic carbocycles. The van der Waals surface area contributed by atoms with Gasteiger partial charge in [-0.3, -0.25) is 0 Å². The maximum absolute atomic E-state index is 6.37. The number of rotatable bonds is 2. The van der Waals surface area contributed by atoms with Gasteiger partial charge in [-0.25, -0.2) is 4.98 Å². The number of benzene rings is 1. The molecule has 3 aromatic rings. The van der Waals surface area contributed by atoms with Gasteiger partial charge in [-0.15, -0.1) is 0 Å². The van der Waals surface area contributed by atoms with Crippen LogP contribution in [0.15, 0.2) is 49.2 Å². The second-order valence-corrected chi connectivity index (χ2v) is 11.6. The van der Waals surface area contributed by atoms with Gasteiger partial charge in [0.2, 0.25) is 0 Å². The quantitative estimate of drug-likeness (QED) is 0.483. The first-order valence-electron chi connectivity index (χ1n) is 14.3. The minimum atomic E-state index is 0.169. The fourth-order valence-electron chi connectivity index (χ4n) is 6.04. The lowest BCUT2D eigenvalue weighted by molar-refractivity contribution is 0.225. The standard InChI is InChI=1S/C31H38N6O/c1-20-19-38-29-12-11-24(22-7-8-22)16-25(29)21(2)36-14-5-4-6-28(36)27-17-30-33-26(23-9-10-23)18-31(37(30)34-27)35(3)15-13-32-20/h11-12,16-18,22-23,28,32H,1-2,4-10,13-15,19H2,3H3. The fourth-order valence-corrected chi connectivity index (χ4v) is 6.04. The van der Waals surface area contributed by atoms with Crippen LogP contribution in [0.3, 0.4) is 0 Å². The molecule has 2 aliphatic heterocycles. The highest BCUT2D eigenvalue weighted by Gasteiger charge is 2.32. The molecule has 198 valence electrons. The molecule has 1 unspecified atom stereocenters. The number of hydrogen-bond acceptors (Lipinski definition) is 6. The van der Waals surface area contributed by atoms with Crippen molar-refractivity contribution in [2.24, 2.45) is 0 Å². The van der Waals surface area contributed by atoms with Gasteiger partial charge in [-0.1, -0.05) is 19.2 Å². The van der Waals surface area contributed by atoms with Crippen molar-refractivity contribution in [1.82, 2.24) is 24.8 Å². The van der Waals surface area contributed by atoms with E-state index in [1.165, 1.54) is 43.4 Å². The summed E-state index contributed by atoms with van der Waals surface area (Å²) in [6.07, 6.45) is 8.40. The Labute approximate surface area is 225 Å². The summed E-state index contributed by atoms with van der Waals surface area (Å²) in [5.74, 6) is 3.23. The van der Waals surface area contributed by atoms with E-state index in [1.54, 1.807) is 0 Å². The Morgan fingerprint density at radius 1 is 0.947 bits per heavy atom. The van der Waals surface area contributed by atoms with Crippen LogP contribution in [0, 0.1) is 0 Å². The summed E-state index contributed by atoms with van der Waals surface area (Å²) >= 11 is 0. The number of hydrogen-bond donors (Lipinski definition) is 1. The Bertz CT molecular complexity index is 1400. The predicted octanol–water partition coefficient (Wildman–Crippen LogP) is 5.61. The van der Waals surface area contributed by atoms with Crippen LogP contribution in [0.2, 0.25) is 0 Å². The van der Waals surface area contributed by atoms with Crippen molar-refractivity contribution >= 4 is 17.2 Å². The number of anilines is 1. The van der Waals surface area contributed by atoms with Crippen molar-refractivity contribution in [3.63, 3.8) is 0 Å². The van der Waals surface area contributed by atoms with Crippen LogP contribution in [0.4, 0.5) is 5.82 Å². The average molecular weight is 511 g/mol. The SMILES string of the molecule is C=C1COc2ccc(C3CC3)cc2C(=C)N2CCCCC2c2cc3nc(C4CC4)cc(n3n2)N(C)CCN1. The molecule has 2 aromatic heterocycles. The lowest BCUT2D eigenvalue weighted by Gasteiger charge is -2.38. The smallest absolute Gasteiger partial charge is 0.157 e. The van der Waals surface area contributed by atoms with Crippen molar-refractivity contribution in [1.29, 1.82) is 0 Å². The Kier molecular flexibility index (Phi) is 5.82. The second kappa shape index (κ2) is 9.37. The minimum absolute atomic E-state index is 0.169. The number of ether oxygens (including phenoxy) is 1. The monoisotopic (exact) mass is 510 g/mol. The lowest BCUT2D eigenvalue weighted by Crippen LogP contribution is -2.33. The van der Waals surface area contributed by atoms with Crippen LogP contribution in [-0.2, 0) is 0 Å². The first-order chi connectivity index (χ1) is 18.5. The van der Waals surface area contributed by atoms with Gasteiger partial charge in [0.1, 0.15) is 18.2 Å². The summed E-state index contributed by atoms with van der Waals surface area (Å²) in [6, 6.07) is 11.3. The van der Waals surface area contributed by atoms with E-state index < -0.39 is 0 Å². The minimum Gasteiger partial charge on any atom is -0.487 e. The van der Waals surface area contributed by atoms with E-state index in [4.69, 9.17) is 14.8 Å². The number of likely N-dealkylation sites (N-methyl/N-ethyl adjacent to an activating group) is 1. The van der Waals surface area contributed by atoms with Crippen LogP contribution in [0.5, 0.6) is 5.75 Å². The van der Waals surface area contributed by atoms with Crippen LogP contribution in [0.25, 0.3) is 11.3 Å². The van der Waals surface area contributed by atoms with Gasteiger partial charge in [0, 0.05) is 67.4 Å². The number of piperidine rings is 1. The number of nitrogens with one attached hydrogen (secondary N) is 1. The summed E-state index contributed by atoms with van der Waals surface area (Å²) in [7, 11) is 2.14. The zero-order valence-corrected chi connectivity index (χ0v) is 22.5. The van der Waals surface area contributed by atoms with E-state index in [2.05, 4.69) is 70.2 Å². The summed E-state index contributed by atoms with van der Waals surface area (Å²) in [6.45, 7) is 11.9. The highest BCUT2D eigenvalue weighted by atomic mass is 16.5. The number of fused-ring (bicyclic) bond motifs is 4. The molecule has 7 nitrogen and oxygen atoms in total. The van der Waals surface area contributed by atoms with E-state index in [0.29, 0.717) is 18.4 Å². The van der Waals surface area contributed by atoms with Gasteiger partial charge in [-0.2, -0.15) is 9.61 Å². The summed E-state index contributed by atoms with van der Waals surface area (Å²) in [4.78, 5) is 9.82. The molecule has 2 saturated carbocycles. The summed E-state index contributed by atoms with van der Waals surface area (Å²) < 4.78 is 8.42. The highest BCUT2D eigenvalue weighted by Crippen LogP contribution is 2.45. The van der Waals surface area contributed by atoms with Crippen molar-refractivity contribution in [3.8, 4) is 5.75 Å². The first-order valence-corrected chi connectivity index (χ1v) is 14.3. The first kappa shape index (κ1) is 23.6. The van der Waals surface area contributed by atoms with Gasteiger partial charge >= 0.3 is 0 Å². The van der Waals surface area contributed by atoms with E-state index in [0.717, 1.165) is 72.3 Å². The summed E-state index contributed by atoms with van der Waals surface area (Å²) in [5.41, 5.74) is 7.62. The Balaban J connectivity index is 1.34. The Morgan fingerprint density at radius 3 is 2.61 bits per heavy atom. The zero-order chi connectivity index (χ0) is 25.8. The molecule has 4 aliphatic rings. The molecule has 0 radical (unpaired) electrons. The zero-order valence-electron chi connectivity index (χ0n) is 22.5. The Morgan fingerprint density at radius 2 is 1.79 bits per heavy atom. The van der Waals surface area contributed by atoms with Crippen LogP contribution >= 0.6 is 0 Å². The normalized spacial score (nSPS) is 22.7. The molecular formula is C31H38N6O. The van der Waals surface area contributed by atoms with Crippen molar-refractivity contribution in [3.05, 3.63) is 71.7 Å². The predicted molar refractivity (Wildman–Crippen MR) is 152 cm³/mol. The maximum Gasteiger partial charge on any atom is 0.157 e. The van der Waals surface area contributed by atoms with Crippen LogP contribution in [0.1, 0.15) is 85.3 Å². The summed E-state index contributed by atoms with van der Waals surface area (Å²) in [5, 5.41) is 8.67. The molecule has 2 bridgehead atoms. The molecule has 0 amide bonds. The largest absolute Gasteiger partial charge is 0.487 e. The van der Waals surface area contributed by atoms with Gasteiger partial charge in [0.15, 0.2) is 5.65 Å². The van der Waals surface area contributed by atoms with Crippen molar-refractivity contribution in [2.75, 3.05) is 38.2 Å². The molecule has 1 aromatic carbocycles. The van der Waals surface area contributed by atoms with Crippen molar-refractivity contribution in [2.45, 2.75) is 62.8 Å². The Hall–Kier alpha value is -3.48. The molecule has 1 atom stereocenters. The van der Waals surface area contributed by atoms with Crippen molar-refractivity contribution < 1.29 is 4.74 Å². The topological polar surface area (TPSA) is 57.9 Å².